The third-order valence-electron chi connectivity index (χ3n) is 4.18. The molecule has 151 valence electrons. The van der Waals surface area contributed by atoms with Crippen molar-refractivity contribution in [2.24, 2.45) is 0 Å². The first-order valence-corrected chi connectivity index (χ1v) is 8.94. The zero-order chi connectivity index (χ0) is 20.3. The molecule has 0 aliphatic heterocycles. The van der Waals surface area contributed by atoms with Crippen molar-refractivity contribution in [3.63, 3.8) is 0 Å². The minimum Gasteiger partial charge on any atom is -0.344 e. The fourth-order valence-corrected chi connectivity index (χ4v) is 2.67. The number of rotatable bonds is 12. The van der Waals surface area contributed by atoms with Crippen LogP contribution in [0.25, 0.3) is 0 Å². The Morgan fingerprint density at radius 2 is 1.89 bits per heavy atom. The highest BCUT2D eigenvalue weighted by molar-refractivity contribution is 5.81. The molecule has 0 unspecified atom stereocenters. The summed E-state index contributed by atoms with van der Waals surface area (Å²) in [5.41, 5.74) is 1.01. The topological polar surface area (TPSA) is 65.5 Å². The van der Waals surface area contributed by atoms with Gasteiger partial charge in [0.1, 0.15) is 0 Å². The number of hydrogen-bond acceptors (Lipinski definition) is 4. The van der Waals surface area contributed by atoms with E-state index in [0.29, 0.717) is 24.1 Å². The van der Waals surface area contributed by atoms with Gasteiger partial charge in [-0.05, 0) is 50.2 Å². The molecule has 2 amide bonds. The fourth-order valence-electron chi connectivity index (χ4n) is 2.67. The van der Waals surface area contributed by atoms with Crippen molar-refractivity contribution in [2.75, 3.05) is 26.2 Å². The van der Waals surface area contributed by atoms with Gasteiger partial charge < -0.3 is 15.1 Å². The Hall–Kier alpha value is -2.16. The average molecular weight is 387 g/mol. The van der Waals surface area contributed by atoms with Gasteiger partial charge in [-0.2, -0.15) is 13.2 Å². The lowest BCUT2D eigenvalue weighted by atomic mass is 10.2. The van der Waals surface area contributed by atoms with E-state index >= 15 is 0 Å². The Bertz CT molecular complexity index is 592. The standard InChI is InChI=1S/C18H26F3N4O2/c1-3-24(4-2)9-5-6-10-25(17(27)18(19,20)21)13-16-11-15(7-8-23-16)12-22-14-26/h7-8,11H,3-6,9-10,12-13H2,1-2H3,(H,22,26). The number of nitrogens with zero attached hydrogens (tertiary/aromatic N) is 3. The Balaban J connectivity index is 2.74. The largest absolute Gasteiger partial charge is 0.471 e. The summed E-state index contributed by atoms with van der Waals surface area (Å²) in [6.45, 7) is 6.56. The maximum Gasteiger partial charge on any atom is 0.471 e. The van der Waals surface area contributed by atoms with Crippen LogP contribution >= 0.6 is 0 Å². The molecule has 6 nitrogen and oxygen atoms in total. The lowest BCUT2D eigenvalue weighted by molar-refractivity contribution is -0.186. The number of nitrogens with one attached hydrogen (secondary N) is 1. The summed E-state index contributed by atoms with van der Waals surface area (Å²) in [5, 5.41) is 2.36. The first kappa shape index (κ1) is 22.9. The molecule has 1 radical (unpaired) electrons. The molecular formula is C18H26F3N4O2. The fraction of sp³-hybridized carbons (Fsp3) is 0.611. The zero-order valence-corrected chi connectivity index (χ0v) is 15.7. The molecular weight excluding hydrogens is 361 g/mol. The number of pyridine rings is 1. The third kappa shape index (κ3) is 8.38. The van der Waals surface area contributed by atoms with E-state index < -0.39 is 12.1 Å². The van der Waals surface area contributed by atoms with Gasteiger partial charge in [0.2, 0.25) is 0 Å². The van der Waals surface area contributed by atoms with E-state index in [1.54, 1.807) is 12.1 Å². The predicted molar refractivity (Wildman–Crippen MR) is 95.3 cm³/mol. The summed E-state index contributed by atoms with van der Waals surface area (Å²) in [6.07, 6.45) is -0.782. The molecule has 27 heavy (non-hydrogen) atoms. The van der Waals surface area contributed by atoms with Gasteiger partial charge in [-0.3, -0.25) is 14.6 Å². The van der Waals surface area contributed by atoms with Crippen LogP contribution in [0.15, 0.2) is 18.3 Å². The minimum atomic E-state index is -4.93. The summed E-state index contributed by atoms with van der Waals surface area (Å²) in [5.74, 6) is -1.86. The molecule has 0 saturated carbocycles. The van der Waals surface area contributed by atoms with E-state index in [9.17, 15) is 22.8 Å². The molecule has 1 aromatic heterocycles. The zero-order valence-electron chi connectivity index (χ0n) is 15.7. The SMILES string of the molecule is CCN(CC)CCCCN(Cc1cc(CN[C]=O)ccn1)C(=O)C(F)(F)F. The summed E-state index contributed by atoms with van der Waals surface area (Å²) in [6, 6.07) is 3.20. The molecule has 1 rings (SSSR count). The van der Waals surface area contributed by atoms with Crippen LogP contribution in [0.1, 0.15) is 37.9 Å². The Labute approximate surface area is 157 Å². The smallest absolute Gasteiger partial charge is 0.344 e. The van der Waals surface area contributed by atoms with Crippen molar-refractivity contribution in [3.05, 3.63) is 29.6 Å². The molecule has 0 saturated heterocycles. The van der Waals surface area contributed by atoms with Crippen LogP contribution in [0, 0.1) is 0 Å². The molecule has 0 aromatic carbocycles. The summed E-state index contributed by atoms with van der Waals surface area (Å²) >= 11 is 0. The van der Waals surface area contributed by atoms with Crippen LogP contribution < -0.4 is 5.32 Å². The maximum absolute atomic E-state index is 12.9. The normalized spacial score (nSPS) is 11.5. The average Bonchev–Trinajstić information content (AvgIpc) is 2.64. The number of halogens is 3. The van der Waals surface area contributed by atoms with Crippen LogP contribution in [0.5, 0.6) is 0 Å². The quantitative estimate of drug-likeness (QED) is 0.441. The van der Waals surface area contributed by atoms with Gasteiger partial charge in [-0.1, -0.05) is 13.8 Å². The van der Waals surface area contributed by atoms with E-state index in [0.717, 1.165) is 24.5 Å². The molecule has 0 spiro atoms. The summed E-state index contributed by atoms with van der Waals surface area (Å²) < 4.78 is 38.8. The summed E-state index contributed by atoms with van der Waals surface area (Å²) in [7, 11) is 0. The first-order chi connectivity index (χ1) is 12.8. The van der Waals surface area contributed by atoms with Gasteiger partial charge in [-0.25, -0.2) is 0 Å². The number of carbonyl (C=O) groups is 1. The molecule has 0 aliphatic carbocycles. The Kier molecular flexibility index (Phi) is 9.77. The van der Waals surface area contributed by atoms with Crippen LogP contribution in [-0.4, -0.2) is 59.5 Å². The van der Waals surface area contributed by atoms with Crippen molar-refractivity contribution < 1.29 is 22.8 Å². The van der Waals surface area contributed by atoms with Gasteiger partial charge in [-0.15, -0.1) is 0 Å². The predicted octanol–water partition coefficient (Wildman–Crippen LogP) is 2.25. The number of aromatic nitrogens is 1. The van der Waals surface area contributed by atoms with Crippen LogP contribution in [-0.2, 0) is 22.7 Å². The number of alkyl halides is 3. The van der Waals surface area contributed by atoms with E-state index in [4.69, 9.17) is 0 Å². The van der Waals surface area contributed by atoms with Gasteiger partial charge >= 0.3 is 18.5 Å². The van der Waals surface area contributed by atoms with Crippen molar-refractivity contribution in [2.45, 2.75) is 46.0 Å². The molecule has 0 aliphatic rings. The van der Waals surface area contributed by atoms with Crippen molar-refractivity contribution in [1.82, 2.24) is 20.1 Å². The Morgan fingerprint density at radius 1 is 1.22 bits per heavy atom. The van der Waals surface area contributed by atoms with Crippen molar-refractivity contribution >= 4 is 12.3 Å². The van der Waals surface area contributed by atoms with Crippen LogP contribution in [0.3, 0.4) is 0 Å². The van der Waals surface area contributed by atoms with Gasteiger partial charge in [0, 0.05) is 19.3 Å². The number of amides is 2. The van der Waals surface area contributed by atoms with Gasteiger partial charge in [0.25, 0.3) is 0 Å². The number of carbonyl (C=O) groups excluding carboxylic acids is 2. The second-order valence-corrected chi connectivity index (χ2v) is 6.07. The van der Waals surface area contributed by atoms with Crippen LogP contribution in [0.4, 0.5) is 13.2 Å². The Morgan fingerprint density at radius 3 is 2.48 bits per heavy atom. The first-order valence-electron chi connectivity index (χ1n) is 8.94. The monoisotopic (exact) mass is 387 g/mol. The number of unbranched alkanes of at least 4 members (excludes halogenated alkanes) is 1. The highest BCUT2D eigenvalue weighted by Gasteiger charge is 2.42. The molecule has 0 fully saturated rings. The minimum absolute atomic E-state index is 0.00584. The molecule has 0 bridgehead atoms. The second-order valence-electron chi connectivity index (χ2n) is 6.07. The molecule has 1 heterocycles. The van der Waals surface area contributed by atoms with E-state index in [2.05, 4.69) is 15.2 Å². The van der Waals surface area contributed by atoms with Gasteiger partial charge in [0.05, 0.1) is 12.2 Å². The lowest BCUT2D eigenvalue weighted by Crippen LogP contribution is -2.41. The second kappa shape index (κ2) is 11.5. The molecule has 1 aromatic rings. The molecule has 0 atom stereocenters. The summed E-state index contributed by atoms with van der Waals surface area (Å²) in [4.78, 5) is 29.0. The van der Waals surface area contributed by atoms with E-state index in [1.165, 1.54) is 12.6 Å². The third-order valence-corrected chi connectivity index (χ3v) is 4.18. The molecule has 1 N–H and O–H groups in total. The van der Waals surface area contributed by atoms with Crippen molar-refractivity contribution in [1.29, 1.82) is 0 Å². The lowest BCUT2D eigenvalue weighted by Gasteiger charge is -2.24. The van der Waals surface area contributed by atoms with E-state index in [1.807, 2.05) is 13.8 Å². The van der Waals surface area contributed by atoms with Crippen LogP contribution in [0.2, 0.25) is 0 Å². The maximum atomic E-state index is 12.9. The van der Waals surface area contributed by atoms with E-state index in [-0.39, 0.29) is 19.6 Å². The van der Waals surface area contributed by atoms with Crippen molar-refractivity contribution in [3.8, 4) is 0 Å². The highest BCUT2D eigenvalue weighted by Crippen LogP contribution is 2.20. The number of hydrogen-bond donors (Lipinski definition) is 1. The van der Waals surface area contributed by atoms with Gasteiger partial charge in [0.15, 0.2) is 0 Å². The molecule has 9 heteroatoms. The highest BCUT2D eigenvalue weighted by atomic mass is 19.4.